The minimum atomic E-state index is -1.39. The third kappa shape index (κ3) is 6.28. The van der Waals surface area contributed by atoms with Crippen LogP contribution in [0.15, 0.2) is 66.9 Å². The van der Waals surface area contributed by atoms with E-state index in [-0.39, 0.29) is 5.75 Å². The molecule has 0 saturated heterocycles. The van der Waals surface area contributed by atoms with Gasteiger partial charge in [-0.3, -0.25) is 10.1 Å². The van der Waals surface area contributed by atoms with Crippen molar-refractivity contribution in [1.29, 1.82) is 0 Å². The molecule has 0 aliphatic heterocycles. The van der Waals surface area contributed by atoms with E-state index in [1.165, 1.54) is 6.07 Å². The van der Waals surface area contributed by atoms with Crippen LogP contribution in [0.4, 0.5) is 5.69 Å². The summed E-state index contributed by atoms with van der Waals surface area (Å²) < 4.78 is 7.82. The highest BCUT2D eigenvalue weighted by Crippen LogP contribution is 2.31. The molecule has 1 N–H and O–H groups in total. The third-order valence-electron chi connectivity index (χ3n) is 5.83. The maximum atomic E-state index is 11.3. The van der Waals surface area contributed by atoms with Crippen LogP contribution < -0.4 is 4.74 Å². The average molecular weight is 540 g/mol. The number of aromatic nitrogens is 2. The Balaban J connectivity index is 1.38. The highest BCUT2D eigenvalue weighted by molar-refractivity contribution is 6.36. The molecule has 1 heterocycles. The monoisotopic (exact) mass is 539 g/mol. The van der Waals surface area contributed by atoms with E-state index in [1.54, 1.807) is 24.3 Å². The third-order valence-corrected chi connectivity index (χ3v) is 6.37. The predicted molar refractivity (Wildman–Crippen MR) is 142 cm³/mol. The number of benzene rings is 3. The van der Waals surface area contributed by atoms with E-state index in [4.69, 9.17) is 32.9 Å². The maximum Gasteiger partial charge on any atom is 0.342 e. The summed E-state index contributed by atoms with van der Waals surface area (Å²) in [7, 11) is 0. The number of nitro groups is 1. The second kappa shape index (κ2) is 11.5. The van der Waals surface area contributed by atoms with Crippen LogP contribution in [0.1, 0.15) is 35.1 Å². The molecule has 0 atom stereocenters. The number of hydrogen-bond acceptors (Lipinski definition) is 5. The average Bonchev–Trinajstić information content (AvgIpc) is 3.27. The Bertz CT molecular complexity index is 1450. The Kier molecular flexibility index (Phi) is 8.11. The number of rotatable bonds is 10. The summed E-state index contributed by atoms with van der Waals surface area (Å²) in [6.07, 6.45) is 4.51. The number of carboxylic acid groups (broad SMARTS) is 1. The molecule has 0 aliphatic carbocycles. The van der Waals surface area contributed by atoms with E-state index in [9.17, 15) is 20.0 Å². The molecule has 8 nitrogen and oxygen atoms in total. The lowest BCUT2D eigenvalue weighted by Crippen LogP contribution is -2.03. The van der Waals surface area contributed by atoms with Crippen LogP contribution in [0, 0.1) is 10.1 Å². The highest BCUT2D eigenvalue weighted by Gasteiger charge is 2.20. The Morgan fingerprint density at radius 1 is 1.05 bits per heavy atom. The fourth-order valence-corrected chi connectivity index (χ4v) is 4.48. The van der Waals surface area contributed by atoms with Gasteiger partial charge in [0.15, 0.2) is 0 Å². The highest BCUT2D eigenvalue weighted by atomic mass is 35.5. The van der Waals surface area contributed by atoms with Crippen molar-refractivity contribution in [2.45, 2.75) is 32.7 Å². The first-order valence-corrected chi connectivity index (χ1v) is 12.3. The number of ether oxygens (including phenoxy) is 1. The van der Waals surface area contributed by atoms with E-state index >= 15 is 0 Å². The molecule has 0 saturated carbocycles. The first-order chi connectivity index (χ1) is 17.7. The topological polar surface area (TPSA) is 107 Å². The van der Waals surface area contributed by atoms with Crippen molar-refractivity contribution in [3.63, 3.8) is 0 Å². The van der Waals surface area contributed by atoms with Gasteiger partial charge in [0.25, 0.3) is 5.69 Å². The summed E-state index contributed by atoms with van der Waals surface area (Å²) in [4.78, 5) is 26.4. The molecule has 190 valence electrons. The molecule has 1 aromatic heterocycles. The van der Waals surface area contributed by atoms with Crippen molar-refractivity contribution in [1.82, 2.24) is 9.55 Å². The second-order valence-corrected chi connectivity index (χ2v) is 9.14. The van der Waals surface area contributed by atoms with Gasteiger partial charge in [-0.05, 0) is 61.7 Å². The number of carboxylic acids is 1. The molecular formula is C27H23Cl2N3O5. The minimum Gasteiger partial charge on any atom is -0.477 e. The van der Waals surface area contributed by atoms with Gasteiger partial charge in [0.1, 0.15) is 22.9 Å². The summed E-state index contributed by atoms with van der Waals surface area (Å²) in [5.74, 6) is 0.300. The molecule has 37 heavy (non-hydrogen) atoms. The van der Waals surface area contributed by atoms with Crippen LogP contribution >= 0.6 is 23.2 Å². The SMILES string of the molecule is CCn1cc(-c2ccc(Cl)cc2Cl)nc1CCCc1ccc(Oc2ccc([N+](=O)[O-])c(C(=O)O)c2)cc1. The van der Waals surface area contributed by atoms with E-state index in [1.807, 2.05) is 24.4 Å². The molecule has 0 spiro atoms. The van der Waals surface area contributed by atoms with E-state index in [0.717, 1.165) is 60.6 Å². The van der Waals surface area contributed by atoms with Gasteiger partial charge in [0, 0.05) is 41.9 Å². The summed E-state index contributed by atoms with van der Waals surface area (Å²) >= 11 is 12.4. The van der Waals surface area contributed by atoms with Crippen LogP contribution in [-0.4, -0.2) is 25.6 Å². The van der Waals surface area contributed by atoms with Crippen LogP contribution in [0.25, 0.3) is 11.3 Å². The van der Waals surface area contributed by atoms with Crippen molar-refractivity contribution in [2.24, 2.45) is 0 Å². The minimum absolute atomic E-state index is 0.207. The lowest BCUT2D eigenvalue weighted by molar-refractivity contribution is -0.385. The molecule has 0 amide bonds. The number of carbonyl (C=O) groups is 1. The summed E-state index contributed by atoms with van der Waals surface area (Å²) in [5, 5.41) is 21.4. The smallest absolute Gasteiger partial charge is 0.342 e. The molecule has 10 heteroatoms. The predicted octanol–water partition coefficient (Wildman–Crippen LogP) is 7.45. The molecule has 0 bridgehead atoms. The van der Waals surface area contributed by atoms with Gasteiger partial charge >= 0.3 is 5.97 Å². The van der Waals surface area contributed by atoms with Gasteiger partial charge in [-0.25, -0.2) is 9.78 Å². The number of hydrogen-bond donors (Lipinski definition) is 1. The second-order valence-electron chi connectivity index (χ2n) is 8.29. The van der Waals surface area contributed by atoms with Crippen molar-refractivity contribution < 1.29 is 19.6 Å². The van der Waals surface area contributed by atoms with Crippen LogP contribution in [-0.2, 0) is 19.4 Å². The molecular weight excluding hydrogens is 517 g/mol. The molecule has 4 rings (SSSR count). The number of aryl methyl sites for hydroxylation is 3. The number of aromatic carboxylic acids is 1. The maximum absolute atomic E-state index is 11.3. The van der Waals surface area contributed by atoms with Crippen molar-refractivity contribution >= 4 is 34.9 Å². The van der Waals surface area contributed by atoms with Crippen molar-refractivity contribution in [2.75, 3.05) is 0 Å². The van der Waals surface area contributed by atoms with Crippen LogP contribution in [0.3, 0.4) is 0 Å². The van der Waals surface area contributed by atoms with Gasteiger partial charge in [0.05, 0.1) is 15.6 Å². The molecule has 3 aromatic carbocycles. The number of imidazole rings is 1. The van der Waals surface area contributed by atoms with E-state index in [0.29, 0.717) is 15.8 Å². The fourth-order valence-electron chi connectivity index (χ4n) is 3.97. The zero-order valence-electron chi connectivity index (χ0n) is 19.9. The van der Waals surface area contributed by atoms with Gasteiger partial charge < -0.3 is 14.4 Å². The standard InChI is InChI=1S/C27H23Cl2N3O5/c1-2-31-16-24(21-12-8-18(28)14-23(21)29)30-26(31)5-3-4-17-6-9-19(10-7-17)37-20-11-13-25(32(35)36)22(15-20)27(33)34/h6-16H,2-5H2,1H3,(H,33,34). The summed E-state index contributed by atoms with van der Waals surface area (Å²) in [6.45, 7) is 2.87. The molecule has 0 aliphatic rings. The largest absolute Gasteiger partial charge is 0.477 e. The normalized spacial score (nSPS) is 10.9. The first-order valence-electron chi connectivity index (χ1n) is 11.5. The van der Waals surface area contributed by atoms with Gasteiger partial charge in [-0.2, -0.15) is 0 Å². The Morgan fingerprint density at radius 3 is 2.43 bits per heavy atom. The molecule has 0 fully saturated rings. The summed E-state index contributed by atoms with van der Waals surface area (Å²) in [6, 6.07) is 16.5. The molecule has 4 aromatic rings. The number of nitrogens with zero attached hydrogens (tertiary/aromatic N) is 3. The van der Waals surface area contributed by atoms with Gasteiger partial charge in [0.2, 0.25) is 0 Å². The van der Waals surface area contributed by atoms with Crippen LogP contribution in [0.5, 0.6) is 11.5 Å². The zero-order chi connectivity index (χ0) is 26.5. The quantitative estimate of drug-likeness (QED) is 0.165. The molecule has 0 unspecified atom stereocenters. The van der Waals surface area contributed by atoms with Crippen LogP contribution in [0.2, 0.25) is 10.0 Å². The Morgan fingerprint density at radius 2 is 1.78 bits per heavy atom. The lowest BCUT2D eigenvalue weighted by Gasteiger charge is -2.08. The van der Waals surface area contributed by atoms with Gasteiger partial charge in [-0.1, -0.05) is 35.3 Å². The zero-order valence-corrected chi connectivity index (χ0v) is 21.4. The Hall–Kier alpha value is -3.88. The number of halogens is 2. The lowest BCUT2D eigenvalue weighted by atomic mass is 10.1. The molecule has 0 radical (unpaired) electrons. The fraction of sp³-hybridized carbons (Fsp3) is 0.185. The van der Waals surface area contributed by atoms with Crippen molar-refractivity contribution in [3.05, 3.63) is 104 Å². The van der Waals surface area contributed by atoms with Gasteiger partial charge in [-0.15, -0.1) is 0 Å². The van der Waals surface area contributed by atoms with E-state index in [2.05, 4.69) is 11.5 Å². The first kappa shape index (κ1) is 26.2. The van der Waals surface area contributed by atoms with E-state index < -0.39 is 22.1 Å². The summed E-state index contributed by atoms with van der Waals surface area (Å²) in [5.41, 5.74) is 1.86. The van der Waals surface area contributed by atoms with Crippen molar-refractivity contribution in [3.8, 4) is 22.8 Å². The number of nitro benzene ring substituents is 1. The Labute approximate surface area is 223 Å².